The summed E-state index contributed by atoms with van der Waals surface area (Å²) in [5.74, 6) is -0.652. The lowest BCUT2D eigenvalue weighted by Crippen LogP contribution is -2.17. The molecule has 2 amide bonds. The third-order valence-corrected chi connectivity index (χ3v) is 3.24. The fourth-order valence-corrected chi connectivity index (χ4v) is 2.08. The Hall–Kier alpha value is -3.54. The summed E-state index contributed by atoms with van der Waals surface area (Å²) in [6, 6.07) is 15.4. The number of anilines is 2. The maximum absolute atomic E-state index is 12.2. The second-order valence-electron chi connectivity index (χ2n) is 4.91. The number of rotatable bonds is 4. The molecule has 2 N–H and O–H groups in total. The van der Waals surface area contributed by atoms with Crippen LogP contribution < -0.4 is 10.6 Å². The van der Waals surface area contributed by atoms with Gasteiger partial charge in [-0.3, -0.25) is 19.6 Å². The van der Waals surface area contributed by atoms with Crippen LogP contribution in [-0.2, 0) is 0 Å². The molecule has 3 rings (SSSR count). The van der Waals surface area contributed by atoms with E-state index in [1.807, 2.05) is 0 Å². The smallest absolute Gasteiger partial charge is 0.274 e. The van der Waals surface area contributed by atoms with Crippen LogP contribution in [0.1, 0.15) is 20.8 Å². The lowest BCUT2D eigenvalue weighted by Gasteiger charge is -2.12. The van der Waals surface area contributed by atoms with Crippen molar-refractivity contribution in [2.45, 2.75) is 0 Å². The average molecular weight is 318 g/mol. The summed E-state index contributed by atoms with van der Waals surface area (Å²) >= 11 is 0. The molecule has 0 saturated carbocycles. The topological polar surface area (TPSA) is 84.0 Å². The minimum Gasteiger partial charge on any atom is -0.320 e. The van der Waals surface area contributed by atoms with Crippen molar-refractivity contribution in [1.82, 2.24) is 9.97 Å². The summed E-state index contributed by atoms with van der Waals surface area (Å²) in [6.07, 6.45) is 4.62. The van der Waals surface area contributed by atoms with Crippen molar-refractivity contribution in [3.63, 3.8) is 0 Å². The van der Waals surface area contributed by atoms with Crippen LogP contribution in [0.3, 0.4) is 0 Å². The molecular weight excluding hydrogens is 304 g/mol. The molecule has 0 fully saturated rings. The molecule has 6 nitrogen and oxygen atoms in total. The third-order valence-electron chi connectivity index (χ3n) is 3.24. The fourth-order valence-electron chi connectivity index (χ4n) is 2.08. The minimum atomic E-state index is -0.348. The first-order chi connectivity index (χ1) is 11.7. The maximum Gasteiger partial charge on any atom is 0.274 e. The highest BCUT2D eigenvalue weighted by Gasteiger charge is 2.12. The molecular formula is C18H14N4O2. The second-order valence-corrected chi connectivity index (χ2v) is 4.91. The number of nitrogens with one attached hydrogen (secondary N) is 2. The van der Waals surface area contributed by atoms with E-state index in [9.17, 15) is 9.59 Å². The van der Waals surface area contributed by atoms with E-state index in [-0.39, 0.29) is 11.8 Å². The number of pyridine rings is 2. The zero-order valence-corrected chi connectivity index (χ0v) is 12.6. The second kappa shape index (κ2) is 7.15. The van der Waals surface area contributed by atoms with E-state index in [1.54, 1.807) is 67.0 Å². The highest BCUT2D eigenvalue weighted by Crippen LogP contribution is 2.22. The van der Waals surface area contributed by atoms with Crippen LogP contribution in [0.25, 0.3) is 0 Å². The van der Waals surface area contributed by atoms with Gasteiger partial charge in [-0.25, -0.2) is 0 Å². The summed E-state index contributed by atoms with van der Waals surface area (Å²) in [5, 5.41) is 5.52. The predicted octanol–water partition coefficient (Wildman–Crippen LogP) is 2.98. The van der Waals surface area contributed by atoms with E-state index in [2.05, 4.69) is 20.6 Å². The Balaban J connectivity index is 1.78. The van der Waals surface area contributed by atoms with Crippen molar-refractivity contribution in [1.29, 1.82) is 0 Å². The van der Waals surface area contributed by atoms with Gasteiger partial charge in [0.1, 0.15) is 5.69 Å². The zero-order valence-electron chi connectivity index (χ0n) is 12.6. The van der Waals surface area contributed by atoms with Crippen LogP contribution in [0, 0.1) is 0 Å². The van der Waals surface area contributed by atoms with Crippen molar-refractivity contribution in [3.8, 4) is 0 Å². The average Bonchev–Trinajstić information content (AvgIpc) is 2.64. The van der Waals surface area contributed by atoms with Gasteiger partial charge in [0, 0.05) is 18.6 Å². The highest BCUT2D eigenvalue weighted by atomic mass is 16.2. The molecule has 2 aromatic heterocycles. The number of hydrogen-bond acceptors (Lipinski definition) is 4. The molecule has 0 atom stereocenters. The third kappa shape index (κ3) is 3.61. The normalized spacial score (nSPS) is 10.0. The first-order valence-corrected chi connectivity index (χ1v) is 7.27. The molecule has 3 aromatic rings. The van der Waals surface area contributed by atoms with Gasteiger partial charge < -0.3 is 10.6 Å². The van der Waals surface area contributed by atoms with Crippen molar-refractivity contribution < 1.29 is 9.59 Å². The quantitative estimate of drug-likeness (QED) is 0.774. The Labute approximate surface area is 138 Å². The van der Waals surface area contributed by atoms with E-state index in [1.165, 1.54) is 6.20 Å². The molecule has 6 heteroatoms. The molecule has 118 valence electrons. The predicted molar refractivity (Wildman–Crippen MR) is 90.8 cm³/mol. The number of aromatic nitrogens is 2. The van der Waals surface area contributed by atoms with Gasteiger partial charge >= 0.3 is 0 Å². The molecule has 0 aliphatic carbocycles. The van der Waals surface area contributed by atoms with Gasteiger partial charge in [-0.15, -0.1) is 0 Å². The number of carbonyl (C=O) groups excluding carboxylic acids is 2. The summed E-state index contributed by atoms with van der Waals surface area (Å²) in [7, 11) is 0. The van der Waals surface area contributed by atoms with Gasteiger partial charge in [-0.1, -0.05) is 18.2 Å². The van der Waals surface area contributed by atoms with Gasteiger partial charge in [0.15, 0.2) is 0 Å². The molecule has 24 heavy (non-hydrogen) atoms. The molecule has 0 spiro atoms. The van der Waals surface area contributed by atoms with Crippen molar-refractivity contribution >= 4 is 23.2 Å². The number of benzene rings is 1. The number of nitrogens with zero attached hydrogens (tertiary/aromatic N) is 2. The summed E-state index contributed by atoms with van der Waals surface area (Å²) < 4.78 is 0. The first kappa shape index (κ1) is 15.4. The van der Waals surface area contributed by atoms with Crippen LogP contribution >= 0.6 is 0 Å². The Morgan fingerprint density at radius 3 is 2.08 bits per heavy atom. The van der Waals surface area contributed by atoms with E-state index in [4.69, 9.17) is 0 Å². The van der Waals surface area contributed by atoms with E-state index in [0.29, 0.717) is 22.6 Å². The lowest BCUT2D eigenvalue weighted by molar-refractivity contribution is 0.101. The molecule has 0 saturated heterocycles. The highest BCUT2D eigenvalue weighted by molar-refractivity contribution is 6.09. The number of hydrogen-bond donors (Lipinski definition) is 2. The number of para-hydroxylation sites is 2. The standard InChI is InChI=1S/C18H14N4O2/c23-17(13-6-5-10-19-12-13)21-14-7-1-2-8-15(14)22-18(24)16-9-3-4-11-20-16/h1-12H,(H,21,23)(H,22,24). The number of carbonyl (C=O) groups is 2. The molecule has 0 aliphatic rings. The van der Waals surface area contributed by atoms with Gasteiger partial charge in [0.05, 0.1) is 16.9 Å². The van der Waals surface area contributed by atoms with Crippen LogP contribution in [0.5, 0.6) is 0 Å². The van der Waals surface area contributed by atoms with Crippen LogP contribution in [0.4, 0.5) is 11.4 Å². The molecule has 0 aliphatic heterocycles. The van der Waals surface area contributed by atoms with Crippen LogP contribution in [0.2, 0.25) is 0 Å². The largest absolute Gasteiger partial charge is 0.320 e. The van der Waals surface area contributed by atoms with Crippen molar-refractivity contribution in [2.75, 3.05) is 10.6 Å². The molecule has 0 radical (unpaired) electrons. The van der Waals surface area contributed by atoms with Crippen LogP contribution in [-0.4, -0.2) is 21.8 Å². The molecule has 0 bridgehead atoms. The van der Waals surface area contributed by atoms with Gasteiger partial charge in [-0.05, 0) is 36.4 Å². The van der Waals surface area contributed by atoms with Crippen molar-refractivity contribution in [3.05, 3.63) is 84.4 Å². The summed E-state index contributed by atoms with van der Waals surface area (Å²) in [6.45, 7) is 0. The Morgan fingerprint density at radius 1 is 0.750 bits per heavy atom. The van der Waals surface area contributed by atoms with Crippen molar-refractivity contribution in [2.24, 2.45) is 0 Å². The monoisotopic (exact) mass is 318 g/mol. The van der Waals surface area contributed by atoms with Gasteiger partial charge in [0.2, 0.25) is 0 Å². The number of amides is 2. The van der Waals surface area contributed by atoms with E-state index < -0.39 is 0 Å². The first-order valence-electron chi connectivity index (χ1n) is 7.27. The van der Waals surface area contributed by atoms with Crippen LogP contribution in [0.15, 0.2) is 73.2 Å². The summed E-state index contributed by atoms with van der Waals surface area (Å²) in [4.78, 5) is 32.4. The molecule has 2 heterocycles. The van der Waals surface area contributed by atoms with Gasteiger partial charge in [0.25, 0.3) is 11.8 Å². The molecule has 0 unspecified atom stereocenters. The fraction of sp³-hybridized carbons (Fsp3) is 0. The van der Waals surface area contributed by atoms with Gasteiger partial charge in [-0.2, -0.15) is 0 Å². The zero-order chi connectivity index (χ0) is 16.8. The Bertz CT molecular complexity index is 779. The van der Waals surface area contributed by atoms with E-state index >= 15 is 0 Å². The lowest BCUT2D eigenvalue weighted by atomic mass is 10.2. The van der Waals surface area contributed by atoms with E-state index in [0.717, 1.165) is 0 Å². The minimum absolute atomic E-state index is 0.297. The summed E-state index contributed by atoms with van der Waals surface area (Å²) in [5.41, 5.74) is 1.72. The molecule has 1 aromatic carbocycles. The Kier molecular flexibility index (Phi) is 4.57. The maximum atomic E-state index is 12.2. The Morgan fingerprint density at radius 2 is 1.46 bits per heavy atom. The SMILES string of the molecule is O=C(Nc1ccccc1NC(=O)c1ccccn1)c1cccnc1.